The Morgan fingerprint density at radius 3 is 1.62 bits per heavy atom. The van der Waals surface area contributed by atoms with Crippen molar-refractivity contribution in [2.45, 2.75) is 0 Å². The number of hydrogen-bond donors (Lipinski definition) is 2. The highest BCUT2D eigenvalue weighted by Crippen LogP contribution is 2.42. The number of hydrazone groups is 1. The van der Waals surface area contributed by atoms with Crippen molar-refractivity contribution >= 4 is 44.2 Å². The van der Waals surface area contributed by atoms with Crippen LogP contribution < -0.4 is 5.43 Å². The maximum atomic E-state index is 8.76. The molecule has 0 amide bonds. The highest BCUT2D eigenvalue weighted by atomic mass is 15.3. The molecule has 47 heavy (non-hydrogen) atoms. The molecule has 6 heteroatoms. The van der Waals surface area contributed by atoms with Gasteiger partial charge in [-0.1, -0.05) is 97.1 Å². The van der Waals surface area contributed by atoms with Gasteiger partial charge in [0.15, 0.2) is 0 Å². The van der Waals surface area contributed by atoms with Crippen molar-refractivity contribution in [2.75, 3.05) is 5.43 Å². The second kappa shape index (κ2) is 12.1. The van der Waals surface area contributed by atoms with Gasteiger partial charge in [-0.3, -0.25) is 20.8 Å². The minimum Gasteiger partial charge on any atom is -0.299 e. The zero-order chi connectivity index (χ0) is 31.6. The van der Waals surface area contributed by atoms with Crippen LogP contribution in [-0.2, 0) is 0 Å². The molecule has 0 spiro atoms. The molecule has 0 saturated carbocycles. The van der Waals surface area contributed by atoms with E-state index in [0.717, 1.165) is 33.3 Å². The molecule has 222 valence electrons. The van der Waals surface area contributed by atoms with E-state index < -0.39 is 0 Å². The molecule has 8 rings (SSSR count). The second-order valence-corrected chi connectivity index (χ2v) is 11.2. The predicted molar refractivity (Wildman–Crippen MR) is 193 cm³/mol. The molecular weight excluding hydrogens is 576 g/mol. The third-order valence-electron chi connectivity index (χ3n) is 8.27. The number of fused-ring (bicyclic) bond motifs is 2. The van der Waals surface area contributed by atoms with Crippen LogP contribution in [-0.4, -0.2) is 26.4 Å². The molecule has 0 saturated heterocycles. The minimum absolute atomic E-state index is 0.319. The zero-order valence-corrected chi connectivity index (χ0v) is 25.3. The standard InChI is InChI=1S/C41H28N6/c42-34-21-20-28(41-32-16-6-4-14-30(32)40(27-12-2-1-3-13-27)31-15-5-7-17-33(31)41)24-37(34)47-46-29-25-38(35-18-8-10-22-43-35)45-39(26-29)36-19-9-11-23-44-36/h1-26,42H,(H,45,46)/b42-34?,47-37-. The molecule has 0 unspecified atom stereocenters. The summed E-state index contributed by atoms with van der Waals surface area (Å²) in [6, 6.07) is 43.0. The lowest BCUT2D eigenvalue weighted by Crippen LogP contribution is -2.14. The van der Waals surface area contributed by atoms with Gasteiger partial charge in [0.2, 0.25) is 0 Å². The molecule has 3 heterocycles. The van der Waals surface area contributed by atoms with Crippen LogP contribution in [0, 0.1) is 5.41 Å². The predicted octanol–water partition coefficient (Wildman–Crippen LogP) is 9.62. The average molecular weight is 605 g/mol. The lowest BCUT2D eigenvalue weighted by Gasteiger charge is -2.19. The van der Waals surface area contributed by atoms with Crippen LogP contribution in [0.25, 0.3) is 61.0 Å². The summed E-state index contributed by atoms with van der Waals surface area (Å²) in [6.45, 7) is 0. The Labute approximate surface area is 272 Å². The van der Waals surface area contributed by atoms with E-state index in [4.69, 9.17) is 15.5 Å². The number of nitrogens with one attached hydrogen (secondary N) is 2. The molecule has 0 radical (unpaired) electrons. The zero-order valence-electron chi connectivity index (χ0n) is 25.3. The Morgan fingerprint density at radius 2 is 1.06 bits per heavy atom. The van der Waals surface area contributed by atoms with Crippen LogP contribution in [0.5, 0.6) is 0 Å². The summed E-state index contributed by atoms with van der Waals surface area (Å²) >= 11 is 0. The molecule has 0 bridgehead atoms. The fourth-order valence-electron chi connectivity index (χ4n) is 6.15. The van der Waals surface area contributed by atoms with Crippen molar-refractivity contribution in [1.29, 1.82) is 5.41 Å². The third kappa shape index (κ3) is 5.38. The van der Waals surface area contributed by atoms with Gasteiger partial charge in [-0.15, -0.1) is 0 Å². The number of nitrogens with zero attached hydrogens (tertiary/aromatic N) is 4. The van der Waals surface area contributed by atoms with Crippen molar-refractivity contribution < 1.29 is 0 Å². The topological polar surface area (TPSA) is 86.9 Å². The fraction of sp³-hybridized carbons (Fsp3) is 0. The van der Waals surface area contributed by atoms with Crippen LogP contribution in [0.3, 0.4) is 0 Å². The number of benzene rings is 4. The lowest BCUT2D eigenvalue weighted by molar-refractivity contribution is 1.21. The molecular formula is C41H28N6. The van der Waals surface area contributed by atoms with Crippen molar-refractivity contribution in [3.05, 3.63) is 164 Å². The van der Waals surface area contributed by atoms with Gasteiger partial charge in [-0.2, -0.15) is 5.10 Å². The minimum atomic E-state index is 0.319. The van der Waals surface area contributed by atoms with Gasteiger partial charge in [0.1, 0.15) is 5.71 Å². The van der Waals surface area contributed by atoms with E-state index in [9.17, 15) is 0 Å². The van der Waals surface area contributed by atoms with E-state index >= 15 is 0 Å². The van der Waals surface area contributed by atoms with Gasteiger partial charge in [0, 0.05) is 12.4 Å². The first-order valence-corrected chi connectivity index (χ1v) is 15.4. The SMILES string of the molecule is N=C1C=CC(c2c3ccccc3c(-c3ccccc3)c3ccccc23)=C/C1=N/Nc1cc(-c2ccccn2)nc(-c2ccccn2)c1. The van der Waals surface area contributed by atoms with Crippen molar-refractivity contribution in [3.8, 4) is 33.9 Å². The molecule has 4 aromatic carbocycles. The molecule has 1 aliphatic rings. The maximum Gasteiger partial charge on any atom is 0.109 e. The Morgan fingerprint density at radius 1 is 0.532 bits per heavy atom. The Kier molecular flexibility index (Phi) is 7.21. The molecule has 0 atom stereocenters. The van der Waals surface area contributed by atoms with Crippen LogP contribution >= 0.6 is 0 Å². The van der Waals surface area contributed by atoms with E-state index in [0.29, 0.717) is 28.5 Å². The van der Waals surface area contributed by atoms with Crippen molar-refractivity contribution in [1.82, 2.24) is 15.0 Å². The number of allylic oxidation sites excluding steroid dienone is 4. The molecule has 6 nitrogen and oxygen atoms in total. The monoisotopic (exact) mass is 604 g/mol. The summed E-state index contributed by atoms with van der Waals surface area (Å²) in [5.41, 5.74) is 12.2. The van der Waals surface area contributed by atoms with E-state index in [1.165, 1.54) is 21.9 Å². The molecule has 0 fully saturated rings. The first-order chi connectivity index (χ1) is 23.2. The van der Waals surface area contributed by atoms with E-state index in [-0.39, 0.29) is 0 Å². The maximum absolute atomic E-state index is 8.76. The first-order valence-electron chi connectivity index (χ1n) is 15.4. The number of pyridine rings is 3. The molecule has 1 aliphatic carbocycles. The fourth-order valence-corrected chi connectivity index (χ4v) is 6.15. The van der Waals surface area contributed by atoms with Gasteiger partial charge >= 0.3 is 0 Å². The highest BCUT2D eigenvalue weighted by Gasteiger charge is 2.19. The summed E-state index contributed by atoms with van der Waals surface area (Å²) in [4.78, 5) is 13.9. The summed E-state index contributed by atoms with van der Waals surface area (Å²) in [5.74, 6) is 0. The lowest BCUT2D eigenvalue weighted by atomic mass is 9.84. The van der Waals surface area contributed by atoms with E-state index in [1.807, 2.05) is 66.8 Å². The highest BCUT2D eigenvalue weighted by molar-refractivity contribution is 6.52. The van der Waals surface area contributed by atoms with Crippen molar-refractivity contribution in [2.24, 2.45) is 5.10 Å². The molecule has 2 N–H and O–H groups in total. The van der Waals surface area contributed by atoms with Gasteiger partial charge < -0.3 is 0 Å². The molecule has 0 aliphatic heterocycles. The third-order valence-corrected chi connectivity index (χ3v) is 8.27. The number of aromatic nitrogens is 3. The first kappa shape index (κ1) is 28.0. The van der Waals surface area contributed by atoms with Gasteiger partial charge in [-0.05, 0) is 92.4 Å². The van der Waals surface area contributed by atoms with Crippen molar-refractivity contribution in [3.63, 3.8) is 0 Å². The normalized spacial score (nSPS) is 13.7. The Bertz CT molecular complexity index is 2260. The Balaban J connectivity index is 1.24. The van der Waals surface area contributed by atoms with Crippen LogP contribution in [0.1, 0.15) is 5.56 Å². The van der Waals surface area contributed by atoms with Gasteiger partial charge in [0.25, 0.3) is 0 Å². The van der Waals surface area contributed by atoms with Gasteiger partial charge in [-0.25, -0.2) is 4.98 Å². The number of hydrogen-bond acceptors (Lipinski definition) is 6. The summed E-state index contributed by atoms with van der Waals surface area (Å²) in [5, 5.41) is 18.2. The largest absolute Gasteiger partial charge is 0.299 e. The summed E-state index contributed by atoms with van der Waals surface area (Å²) in [7, 11) is 0. The van der Waals surface area contributed by atoms with Crippen LogP contribution in [0.4, 0.5) is 5.69 Å². The quantitative estimate of drug-likeness (QED) is 0.112. The average Bonchev–Trinajstić information content (AvgIpc) is 3.14. The van der Waals surface area contributed by atoms with E-state index in [1.54, 1.807) is 12.4 Å². The number of rotatable bonds is 6. The van der Waals surface area contributed by atoms with Crippen LogP contribution in [0.2, 0.25) is 0 Å². The number of anilines is 1. The molecule has 3 aromatic heterocycles. The summed E-state index contributed by atoms with van der Waals surface area (Å²) < 4.78 is 0. The van der Waals surface area contributed by atoms with E-state index in [2.05, 4.69) is 94.3 Å². The van der Waals surface area contributed by atoms with Crippen LogP contribution in [0.15, 0.2) is 163 Å². The molecule has 7 aromatic rings. The van der Waals surface area contributed by atoms with Gasteiger partial charge in [0.05, 0.1) is 34.2 Å². The Hall–Kier alpha value is -6.53. The second-order valence-electron chi connectivity index (χ2n) is 11.2. The smallest absolute Gasteiger partial charge is 0.109 e. The summed E-state index contributed by atoms with van der Waals surface area (Å²) in [6.07, 6.45) is 9.32.